The van der Waals surface area contributed by atoms with Crippen LogP contribution in [0.2, 0.25) is 5.02 Å². The van der Waals surface area contributed by atoms with Crippen molar-refractivity contribution in [1.29, 1.82) is 0 Å². The van der Waals surface area contributed by atoms with Crippen molar-refractivity contribution in [2.75, 3.05) is 5.32 Å². The smallest absolute Gasteiger partial charge is 0.310 e. The average molecular weight is 305 g/mol. The lowest BCUT2D eigenvalue weighted by molar-refractivity contribution is -0.138. The summed E-state index contributed by atoms with van der Waals surface area (Å²) in [5, 5.41) is 12.1. The van der Waals surface area contributed by atoms with Gasteiger partial charge >= 0.3 is 5.97 Å². The van der Waals surface area contributed by atoms with Gasteiger partial charge in [0.05, 0.1) is 5.92 Å². The summed E-state index contributed by atoms with van der Waals surface area (Å²) >= 11 is 5.76. The van der Waals surface area contributed by atoms with Gasteiger partial charge in [0.2, 0.25) is 0 Å². The van der Waals surface area contributed by atoms with Crippen LogP contribution in [0.3, 0.4) is 0 Å². The molecule has 1 aromatic heterocycles. The summed E-state index contributed by atoms with van der Waals surface area (Å²) < 4.78 is 0. The highest BCUT2D eigenvalue weighted by Gasteiger charge is 2.14. The number of aromatic nitrogens is 1. The van der Waals surface area contributed by atoms with Crippen LogP contribution in [-0.4, -0.2) is 22.0 Å². The zero-order valence-electron chi connectivity index (χ0n) is 11.2. The lowest BCUT2D eigenvalue weighted by Gasteiger charge is -2.08. The number of carboxylic acid groups (broad SMARTS) is 1. The zero-order valence-corrected chi connectivity index (χ0v) is 12.0. The van der Waals surface area contributed by atoms with E-state index in [-0.39, 0.29) is 5.91 Å². The standard InChI is InChI=1S/C15H13ClN2O3/c1-9(15(20)21)11-4-7-13(17-8-11)18-14(19)10-2-5-12(16)6-3-10/h2-9H,1H3,(H,20,21)(H,17,18,19)/t9-/m0/s1. The molecule has 1 atom stereocenters. The number of carbonyl (C=O) groups is 2. The molecule has 0 fully saturated rings. The Morgan fingerprint density at radius 2 is 1.86 bits per heavy atom. The number of carbonyl (C=O) groups excluding carboxylic acids is 1. The minimum atomic E-state index is -0.922. The van der Waals surface area contributed by atoms with Gasteiger partial charge in [0.1, 0.15) is 5.82 Å². The first-order valence-corrected chi connectivity index (χ1v) is 6.61. The molecule has 21 heavy (non-hydrogen) atoms. The maximum absolute atomic E-state index is 12.0. The summed E-state index contributed by atoms with van der Waals surface area (Å²) in [5.41, 5.74) is 1.04. The number of rotatable bonds is 4. The van der Waals surface area contributed by atoms with Crippen LogP contribution >= 0.6 is 11.6 Å². The van der Waals surface area contributed by atoms with Crippen LogP contribution in [-0.2, 0) is 4.79 Å². The molecule has 0 spiro atoms. The molecule has 1 aromatic carbocycles. The Morgan fingerprint density at radius 1 is 1.19 bits per heavy atom. The van der Waals surface area contributed by atoms with E-state index in [0.29, 0.717) is 22.0 Å². The number of benzene rings is 1. The highest BCUT2D eigenvalue weighted by atomic mass is 35.5. The third-order valence-corrected chi connectivity index (χ3v) is 3.26. The van der Waals surface area contributed by atoms with Crippen LogP contribution in [0.1, 0.15) is 28.8 Å². The molecule has 1 heterocycles. The van der Waals surface area contributed by atoms with Crippen LogP contribution in [0.4, 0.5) is 5.82 Å². The first kappa shape index (κ1) is 15.0. The van der Waals surface area contributed by atoms with Gasteiger partial charge in [-0.25, -0.2) is 4.98 Å². The topological polar surface area (TPSA) is 79.3 Å². The van der Waals surface area contributed by atoms with Crippen LogP contribution < -0.4 is 5.32 Å². The Hall–Kier alpha value is -2.40. The number of nitrogens with zero attached hydrogens (tertiary/aromatic N) is 1. The molecule has 0 aliphatic carbocycles. The summed E-state index contributed by atoms with van der Waals surface area (Å²) in [7, 11) is 0. The number of anilines is 1. The summed E-state index contributed by atoms with van der Waals surface area (Å²) in [5.74, 6) is -1.51. The number of pyridine rings is 1. The normalized spacial score (nSPS) is 11.7. The third-order valence-electron chi connectivity index (χ3n) is 3.00. The van der Waals surface area contributed by atoms with Crippen LogP contribution in [0.25, 0.3) is 0 Å². The predicted octanol–water partition coefficient (Wildman–Crippen LogP) is 3.18. The van der Waals surface area contributed by atoms with Gasteiger partial charge in [0.15, 0.2) is 0 Å². The number of carboxylic acids is 1. The van der Waals surface area contributed by atoms with Gasteiger partial charge in [-0.15, -0.1) is 0 Å². The van der Waals surface area contributed by atoms with E-state index in [4.69, 9.17) is 16.7 Å². The minimum Gasteiger partial charge on any atom is -0.481 e. The third kappa shape index (κ3) is 3.79. The lowest BCUT2D eigenvalue weighted by atomic mass is 10.0. The highest BCUT2D eigenvalue weighted by molar-refractivity contribution is 6.30. The van der Waals surface area contributed by atoms with Gasteiger partial charge < -0.3 is 10.4 Å². The maximum Gasteiger partial charge on any atom is 0.310 e. The molecule has 0 saturated carbocycles. The van der Waals surface area contributed by atoms with E-state index in [9.17, 15) is 9.59 Å². The fourth-order valence-electron chi connectivity index (χ4n) is 1.67. The van der Waals surface area contributed by atoms with Crippen LogP contribution in [0.5, 0.6) is 0 Å². The van der Waals surface area contributed by atoms with E-state index in [2.05, 4.69) is 10.3 Å². The molecular weight excluding hydrogens is 292 g/mol. The quantitative estimate of drug-likeness (QED) is 0.909. The number of hydrogen-bond donors (Lipinski definition) is 2. The van der Waals surface area contributed by atoms with Crippen molar-refractivity contribution < 1.29 is 14.7 Å². The van der Waals surface area contributed by atoms with Crippen molar-refractivity contribution in [3.63, 3.8) is 0 Å². The number of halogens is 1. The summed E-state index contributed by atoms with van der Waals surface area (Å²) in [6.07, 6.45) is 1.44. The minimum absolute atomic E-state index is 0.307. The monoisotopic (exact) mass is 304 g/mol. The van der Waals surface area contributed by atoms with Crippen LogP contribution in [0.15, 0.2) is 42.6 Å². The summed E-state index contributed by atoms with van der Waals surface area (Å²) in [4.78, 5) is 26.9. The average Bonchev–Trinajstić information content (AvgIpc) is 2.47. The Kier molecular flexibility index (Phi) is 4.55. The van der Waals surface area contributed by atoms with Crippen molar-refractivity contribution in [3.05, 3.63) is 58.7 Å². The lowest BCUT2D eigenvalue weighted by Crippen LogP contribution is -2.13. The van der Waals surface area contributed by atoms with Gasteiger partial charge in [-0.1, -0.05) is 17.7 Å². The Labute approximate surface area is 126 Å². The first-order valence-electron chi connectivity index (χ1n) is 6.23. The number of aliphatic carboxylic acids is 1. The Bertz CT molecular complexity index is 654. The molecule has 2 rings (SSSR count). The fraction of sp³-hybridized carbons (Fsp3) is 0.133. The van der Waals surface area contributed by atoms with Crippen molar-refractivity contribution in [2.45, 2.75) is 12.8 Å². The van der Waals surface area contributed by atoms with E-state index in [1.807, 2.05) is 0 Å². The highest BCUT2D eigenvalue weighted by Crippen LogP contribution is 2.16. The largest absolute Gasteiger partial charge is 0.481 e. The maximum atomic E-state index is 12.0. The zero-order chi connectivity index (χ0) is 15.4. The van der Waals surface area contributed by atoms with Gasteiger partial charge in [0.25, 0.3) is 5.91 Å². The van der Waals surface area contributed by atoms with E-state index in [1.54, 1.807) is 43.3 Å². The Morgan fingerprint density at radius 3 is 2.38 bits per heavy atom. The SMILES string of the molecule is C[C@H](C(=O)O)c1ccc(NC(=O)c2ccc(Cl)cc2)nc1. The van der Waals surface area contributed by atoms with Crippen molar-refractivity contribution in [1.82, 2.24) is 4.98 Å². The number of nitrogens with one attached hydrogen (secondary N) is 1. The predicted molar refractivity (Wildman–Crippen MR) is 79.7 cm³/mol. The Balaban J connectivity index is 2.08. The fourth-order valence-corrected chi connectivity index (χ4v) is 1.79. The number of amides is 1. The molecule has 0 saturated heterocycles. The second-order valence-corrected chi connectivity index (χ2v) is 4.93. The first-order chi connectivity index (χ1) is 9.97. The van der Waals surface area contributed by atoms with Gasteiger partial charge in [0, 0.05) is 16.8 Å². The van der Waals surface area contributed by atoms with Gasteiger partial charge in [-0.05, 0) is 42.8 Å². The molecular formula is C15H13ClN2O3. The second kappa shape index (κ2) is 6.37. The summed E-state index contributed by atoms with van der Waals surface area (Å²) in [6.45, 7) is 1.57. The molecule has 2 aromatic rings. The molecule has 0 bridgehead atoms. The van der Waals surface area contributed by atoms with E-state index in [1.165, 1.54) is 6.20 Å². The molecule has 0 aliphatic heterocycles. The van der Waals surface area contributed by atoms with E-state index >= 15 is 0 Å². The molecule has 0 unspecified atom stereocenters. The molecule has 5 nitrogen and oxygen atoms in total. The molecule has 108 valence electrons. The van der Waals surface area contributed by atoms with Crippen molar-refractivity contribution >= 4 is 29.3 Å². The summed E-state index contributed by atoms with van der Waals surface area (Å²) in [6, 6.07) is 9.67. The van der Waals surface area contributed by atoms with Crippen molar-refractivity contribution in [2.24, 2.45) is 0 Å². The van der Waals surface area contributed by atoms with Crippen LogP contribution in [0, 0.1) is 0 Å². The van der Waals surface area contributed by atoms with E-state index < -0.39 is 11.9 Å². The molecule has 1 amide bonds. The van der Waals surface area contributed by atoms with Gasteiger partial charge in [-0.2, -0.15) is 0 Å². The molecule has 6 heteroatoms. The molecule has 0 radical (unpaired) electrons. The van der Waals surface area contributed by atoms with Gasteiger partial charge in [-0.3, -0.25) is 9.59 Å². The number of hydrogen-bond acceptors (Lipinski definition) is 3. The molecule has 0 aliphatic rings. The second-order valence-electron chi connectivity index (χ2n) is 4.50. The van der Waals surface area contributed by atoms with Crippen molar-refractivity contribution in [3.8, 4) is 0 Å². The molecule has 2 N–H and O–H groups in total. The van der Waals surface area contributed by atoms with E-state index in [0.717, 1.165) is 0 Å².